The van der Waals surface area contributed by atoms with Crippen LogP contribution in [0.5, 0.6) is 5.75 Å². The molecular weight excluding hydrogens is 222 g/mol. The van der Waals surface area contributed by atoms with E-state index in [9.17, 15) is 0 Å². The molecule has 1 aromatic carbocycles. The van der Waals surface area contributed by atoms with Crippen molar-refractivity contribution in [2.45, 2.75) is 38.6 Å². The first-order valence-electron chi connectivity index (χ1n) is 5.62. The smallest absolute Gasteiger partial charge is 0.126 e. The average Bonchev–Trinajstić information content (AvgIpc) is 2.21. The molecule has 0 radical (unpaired) electrons. The molecule has 2 rings (SSSR count). The van der Waals surface area contributed by atoms with Crippen LogP contribution in [0.25, 0.3) is 0 Å². The van der Waals surface area contributed by atoms with Crippen LogP contribution in [0.1, 0.15) is 36.0 Å². The Kier molecular flexibility index (Phi) is 2.89. The Hall–Kier alpha value is -0.730. The molecule has 1 aliphatic carbocycles. The van der Waals surface area contributed by atoms with Crippen LogP contribution in [0.3, 0.4) is 0 Å². The van der Waals surface area contributed by atoms with Gasteiger partial charge < -0.3 is 10.5 Å². The maximum absolute atomic E-state index is 6.35. The minimum atomic E-state index is -0.186. The van der Waals surface area contributed by atoms with E-state index in [1.54, 1.807) is 7.11 Å². The second-order valence-electron chi connectivity index (χ2n) is 4.70. The third kappa shape index (κ3) is 1.61. The number of benzene rings is 1. The molecule has 0 aromatic heterocycles. The summed E-state index contributed by atoms with van der Waals surface area (Å²) >= 11 is 6.22. The molecule has 0 bridgehead atoms. The van der Waals surface area contributed by atoms with Crippen LogP contribution in [0.15, 0.2) is 6.07 Å². The zero-order valence-electron chi connectivity index (χ0n) is 10.1. The first kappa shape index (κ1) is 11.7. The summed E-state index contributed by atoms with van der Waals surface area (Å²) in [4.78, 5) is 0. The second-order valence-corrected chi connectivity index (χ2v) is 5.11. The Balaban J connectivity index is 2.58. The fourth-order valence-corrected chi connectivity index (χ4v) is 2.70. The predicted molar refractivity (Wildman–Crippen MR) is 67.2 cm³/mol. The van der Waals surface area contributed by atoms with Crippen LogP contribution < -0.4 is 10.5 Å². The van der Waals surface area contributed by atoms with Crippen molar-refractivity contribution in [3.8, 4) is 5.75 Å². The summed E-state index contributed by atoms with van der Waals surface area (Å²) in [6.07, 6.45) is 3.27. The highest BCUT2D eigenvalue weighted by Gasteiger charge is 2.36. The molecule has 1 aliphatic rings. The molecule has 1 aromatic rings. The Morgan fingerprint density at radius 3 is 2.38 bits per heavy atom. The molecule has 2 nitrogen and oxygen atoms in total. The zero-order valence-corrected chi connectivity index (χ0v) is 10.8. The molecule has 2 N–H and O–H groups in total. The molecule has 16 heavy (non-hydrogen) atoms. The molecule has 0 spiro atoms. The van der Waals surface area contributed by atoms with Gasteiger partial charge in [-0.25, -0.2) is 0 Å². The molecule has 0 saturated heterocycles. The molecule has 0 aliphatic heterocycles. The van der Waals surface area contributed by atoms with Gasteiger partial charge >= 0.3 is 0 Å². The van der Waals surface area contributed by atoms with Crippen molar-refractivity contribution in [1.29, 1.82) is 0 Å². The average molecular weight is 240 g/mol. The molecule has 0 atom stereocenters. The fourth-order valence-electron chi connectivity index (χ4n) is 2.51. The summed E-state index contributed by atoms with van der Waals surface area (Å²) in [5.41, 5.74) is 9.44. The number of hydrogen-bond donors (Lipinski definition) is 1. The van der Waals surface area contributed by atoms with Crippen molar-refractivity contribution in [2.75, 3.05) is 7.11 Å². The maximum atomic E-state index is 6.35. The molecular formula is C13H18ClNO. The topological polar surface area (TPSA) is 35.2 Å². The predicted octanol–water partition coefficient (Wildman–Crippen LogP) is 3.30. The Morgan fingerprint density at radius 2 is 1.94 bits per heavy atom. The normalized spacial score (nSPS) is 18.1. The minimum Gasteiger partial charge on any atom is -0.496 e. The lowest BCUT2D eigenvalue weighted by molar-refractivity contribution is 0.251. The van der Waals surface area contributed by atoms with Gasteiger partial charge in [-0.15, -0.1) is 0 Å². The van der Waals surface area contributed by atoms with Crippen LogP contribution >= 0.6 is 11.6 Å². The van der Waals surface area contributed by atoms with Gasteiger partial charge in [0, 0.05) is 16.1 Å². The third-order valence-corrected chi connectivity index (χ3v) is 4.09. The van der Waals surface area contributed by atoms with Crippen molar-refractivity contribution in [3.63, 3.8) is 0 Å². The lowest BCUT2D eigenvalue weighted by atomic mass is 9.71. The van der Waals surface area contributed by atoms with E-state index in [-0.39, 0.29) is 5.54 Å². The van der Waals surface area contributed by atoms with Gasteiger partial charge in [0.2, 0.25) is 0 Å². The minimum absolute atomic E-state index is 0.186. The summed E-state index contributed by atoms with van der Waals surface area (Å²) in [6, 6.07) is 2.01. The van der Waals surface area contributed by atoms with Crippen LogP contribution in [0.2, 0.25) is 5.02 Å². The summed E-state index contributed by atoms with van der Waals surface area (Å²) in [5, 5.41) is 0.745. The molecule has 1 saturated carbocycles. The van der Waals surface area contributed by atoms with Crippen molar-refractivity contribution in [1.82, 2.24) is 0 Å². The first-order chi connectivity index (χ1) is 7.49. The van der Waals surface area contributed by atoms with Gasteiger partial charge in [-0.3, -0.25) is 0 Å². The lowest BCUT2D eigenvalue weighted by Crippen LogP contribution is -2.43. The highest BCUT2D eigenvalue weighted by Crippen LogP contribution is 2.44. The first-order valence-corrected chi connectivity index (χ1v) is 6.00. The molecule has 0 unspecified atom stereocenters. The van der Waals surface area contributed by atoms with Gasteiger partial charge in [-0.05, 0) is 50.3 Å². The summed E-state index contributed by atoms with van der Waals surface area (Å²) in [7, 11) is 1.68. The van der Waals surface area contributed by atoms with Crippen LogP contribution in [0, 0.1) is 13.8 Å². The highest BCUT2D eigenvalue weighted by atomic mass is 35.5. The van der Waals surface area contributed by atoms with Gasteiger partial charge in [0.05, 0.1) is 7.11 Å². The van der Waals surface area contributed by atoms with Crippen molar-refractivity contribution in [2.24, 2.45) is 5.73 Å². The van der Waals surface area contributed by atoms with E-state index < -0.39 is 0 Å². The number of halogens is 1. The third-order valence-electron chi connectivity index (χ3n) is 3.70. The monoisotopic (exact) mass is 239 g/mol. The van der Waals surface area contributed by atoms with Crippen LogP contribution in [0.4, 0.5) is 0 Å². The summed E-state index contributed by atoms with van der Waals surface area (Å²) in [6.45, 7) is 4.03. The number of nitrogens with two attached hydrogens (primary N) is 1. The molecule has 3 heteroatoms. The molecule has 88 valence electrons. The largest absolute Gasteiger partial charge is 0.496 e. The van der Waals surface area contributed by atoms with Crippen LogP contribution in [-0.4, -0.2) is 7.11 Å². The van der Waals surface area contributed by atoms with E-state index in [0.29, 0.717) is 0 Å². The molecule has 0 heterocycles. The van der Waals surface area contributed by atoms with Gasteiger partial charge in [0.1, 0.15) is 5.75 Å². The Morgan fingerprint density at radius 1 is 1.31 bits per heavy atom. The van der Waals surface area contributed by atoms with E-state index in [4.69, 9.17) is 22.1 Å². The standard InChI is InChI=1S/C13H18ClNO/c1-8-10(13(15)5-4-6-13)7-11(14)9(2)12(8)16-3/h7H,4-6,15H2,1-3H3. The number of hydrogen-bond acceptors (Lipinski definition) is 2. The molecule has 1 fully saturated rings. The number of methoxy groups -OCH3 is 1. The SMILES string of the molecule is COc1c(C)c(Cl)cc(C2(N)CCC2)c1C. The van der Waals surface area contributed by atoms with E-state index in [2.05, 4.69) is 6.92 Å². The van der Waals surface area contributed by atoms with E-state index >= 15 is 0 Å². The fraction of sp³-hybridized carbons (Fsp3) is 0.538. The van der Waals surface area contributed by atoms with Crippen molar-refractivity contribution >= 4 is 11.6 Å². The van der Waals surface area contributed by atoms with Crippen LogP contribution in [-0.2, 0) is 5.54 Å². The van der Waals surface area contributed by atoms with E-state index in [1.807, 2.05) is 13.0 Å². The van der Waals surface area contributed by atoms with Gasteiger partial charge in [-0.2, -0.15) is 0 Å². The Bertz CT molecular complexity index is 424. The van der Waals surface area contributed by atoms with Gasteiger partial charge in [-0.1, -0.05) is 11.6 Å². The number of ether oxygens (including phenoxy) is 1. The van der Waals surface area contributed by atoms with Gasteiger partial charge in [0.25, 0.3) is 0 Å². The second kappa shape index (κ2) is 3.94. The lowest BCUT2D eigenvalue weighted by Gasteiger charge is -2.40. The zero-order chi connectivity index (χ0) is 11.9. The van der Waals surface area contributed by atoms with Gasteiger partial charge in [0.15, 0.2) is 0 Å². The molecule has 0 amide bonds. The Labute approximate surface area is 102 Å². The van der Waals surface area contributed by atoms with E-state index in [1.165, 1.54) is 6.42 Å². The maximum Gasteiger partial charge on any atom is 0.126 e. The quantitative estimate of drug-likeness (QED) is 0.860. The summed E-state index contributed by atoms with van der Waals surface area (Å²) in [5.74, 6) is 0.874. The highest BCUT2D eigenvalue weighted by molar-refractivity contribution is 6.31. The van der Waals surface area contributed by atoms with Crippen molar-refractivity contribution < 1.29 is 4.74 Å². The van der Waals surface area contributed by atoms with Crippen molar-refractivity contribution in [3.05, 3.63) is 27.8 Å². The number of rotatable bonds is 2. The summed E-state index contributed by atoms with van der Waals surface area (Å²) < 4.78 is 5.42. The van der Waals surface area contributed by atoms with E-state index in [0.717, 1.165) is 40.3 Å².